The molecule has 1 spiro atoms. The molecule has 10 fully saturated rings. The van der Waals surface area contributed by atoms with E-state index >= 15 is 0 Å². The lowest BCUT2D eigenvalue weighted by Crippen LogP contribution is -2.74. The van der Waals surface area contributed by atoms with Crippen LogP contribution in [-0.4, -0.2) is 233 Å². The van der Waals surface area contributed by atoms with E-state index in [-0.39, 0.29) is 39.4 Å². The molecule has 22 heteroatoms. The van der Waals surface area contributed by atoms with Crippen molar-refractivity contribution in [3.05, 3.63) is 0 Å². The molecule has 5 saturated heterocycles. The summed E-state index contributed by atoms with van der Waals surface area (Å²) >= 11 is 0. The van der Waals surface area contributed by atoms with Gasteiger partial charge in [-0.15, -0.1) is 0 Å². The Labute approximate surface area is 432 Å². The Balaban J connectivity index is 0.902. The molecular formula is C52H86O22. The third-order valence-electron chi connectivity index (χ3n) is 22.0. The second-order valence-corrected chi connectivity index (χ2v) is 26.0. The highest BCUT2D eigenvalue weighted by Gasteiger charge is 2.80. The lowest BCUT2D eigenvalue weighted by Gasteiger charge is -2.75. The maximum absolute atomic E-state index is 12.4. The Morgan fingerprint density at radius 1 is 0.527 bits per heavy atom. The SMILES string of the molecule is CC1OC(OC2C(OC3COC(OC4CCC5(C)C(CCC6(C)C5CCC57OCC8(CCC(C)(O)CC85)C(O)CC67C)C4(C)C)C(OC4OC(CO)C(O)C(O)C4O)C3O)OC(CO)C(O)C2O)C(O)C(O)C1O. The van der Waals surface area contributed by atoms with Crippen LogP contribution in [0, 0.1) is 44.8 Å². The fourth-order valence-corrected chi connectivity index (χ4v) is 17.5. The molecule has 0 aromatic rings. The molecule has 0 amide bonds. The van der Waals surface area contributed by atoms with Crippen molar-refractivity contribution in [2.75, 3.05) is 26.4 Å². The van der Waals surface area contributed by atoms with Crippen LogP contribution in [0.2, 0.25) is 0 Å². The smallest absolute Gasteiger partial charge is 0.187 e. The van der Waals surface area contributed by atoms with Gasteiger partial charge in [0.15, 0.2) is 25.2 Å². The molecule has 0 radical (unpaired) electrons. The first kappa shape index (κ1) is 56.4. The zero-order chi connectivity index (χ0) is 53.6. The maximum atomic E-state index is 12.4. The lowest BCUT2D eigenvalue weighted by molar-refractivity contribution is -0.394. The normalized spacial score (nSPS) is 59.2. The van der Waals surface area contributed by atoms with Crippen LogP contribution in [0.25, 0.3) is 0 Å². The molecule has 30 atom stereocenters. The van der Waals surface area contributed by atoms with Gasteiger partial charge in [0, 0.05) is 16.7 Å². The predicted molar refractivity (Wildman–Crippen MR) is 252 cm³/mol. The average Bonchev–Trinajstić information content (AvgIpc) is 3.63. The van der Waals surface area contributed by atoms with Crippen LogP contribution >= 0.6 is 0 Å². The Hall–Kier alpha value is -0.880. The lowest BCUT2D eigenvalue weighted by atomic mass is 9.30. The molecule has 74 heavy (non-hydrogen) atoms. The van der Waals surface area contributed by atoms with Gasteiger partial charge in [-0.2, -0.15) is 0 Å². The van der Waals surface area contributed by atoms with E-state index in [1.165, 1.54) is 6.92 Å². The summed E-state index contributed by atoms with van der Waals surface area (Å²) in [4.78, 5) is 0. The first-order valence-electron chi connectivity index (χ1n) is 27.2. The fourth-order valence-electron chi connectivity index (χ4n) is 17.5. The molecule has 5 heterocycles. The quantitative estimate of drug-likeness (QED) is 0.106. The number of ether oxygens (including phenoxy) is 9. The molecular weight excluding hydrogens is 977 g/mol. The van der Waals surface area contributed by atoms with Gasteiger partial charge in [-0.1, -0.05) is 34.6 Å². The van der Waals surface area contributed by atoms with Crippen LogP contribution < -0.4 is 0 Å². The summed E-state index contributed by atoms with van der Waals surface area (Å²) in [7, 11) is 0. The van der Waals surface area contributed by atoms with Crippen molar-refractivity contribution in [1.82, 2.24) is 0 Å². The molecule has 13 N–H and O–H groups in total. The summed E-state index contributed by atoms with van der Waals surface area (Å²) in [5.41, 5.74) is -2.91. The second kappa shape index (κ2) is 19.7. The molecule has 22 nitrogen and oxygen atoms in total. The molecule has 5 aliphatic heterocycles. The van der Waals surface area contributed by atoms with Crippen molar-refractivity contribution >= 4 is 0 Å². The van der Waals surface area contributed by atoms with Gasteiger partial charge >= 0.3 is 0 Å². The Bertz CT molecular complexity index is 2000. The van der Waals surface area contributed by atoms with E-state index in [0.29, 0.717) is 32.3 Å². The van der Waals surface area contributed by atoms with Gasteiger partial charge in [-0.05, 0) is 106 Å². The minimum atomic E-state index is -1.89. The van der Waals surface area contributed by atoms with E-state index in [1.54, 1.807) is 0 Å². The highest BCUT2D eigenvalue weighted by molar-refractivity contribution is 5.28. The number of rotatable bonds is 10. The highest BCUT2D eigenvalue weighted by atomic mass is 16.8. The van der Waals surface area contributed by atoms with E-state index in [1.807, 2.05) is 6.92 Å². The Morgan fingerprint density at radius 3 is 1.78 bits per heavy atom. The summed E-state index contributed by atoms with van der Waals surface area (Å²) in [6.45, 7) is 13.5. The number of hydrogen-bond donors (Lipinski definition) is 13. The zero-order valence-corrected chi connectivity index (χ0v) is 43.7. The van der Waals surface area contributed by atoms with Gasteiger partial charge in [0.25, 0.3) is 0 Å². The van der Waals surface area contributed by atoms with E-state index in [2.05, 4.69) is 34.6 Å². The third kappa shape index (κ3) is 8.39. The van der Waals surface area contributed by atoms with Crippen LogP contribution in [0.4, 0.5) is 0 Å². The summed E-state index contributed by atoms with van der Waals surface area (Å²) in [6, 6.07) is 0. The van der Waals surface area contributed by atoms with Crippen molar-refractivity contribution in [3.63, 3.8) is 0 Å². The Morgan fingerprint density at radius 2 is 1.12 bits per heavy atom. The number of aliphatic hydroxyl groups excluding tert-OH is 12. The van der Waals surface area contributed by atoms with Crippen LogP contribution in [0.1, 0.15) is 113 Å². The van der Waals surface area contributed by atoms with Gasteiger partial charge in [0.2, 0.25) is 0 Å². The fraction of sp³-hybridized carbons (Fsp3) is 1.00. The van der Waals surface area contributed by atoms with Crippen LogP contribution in [0.5, 0.6) is 0 Å². The predicted octanol–water partition coefficient (Wildman–Crippen LogP) is -1.96. The van der Waals surface area contributed by atoms with Gasteiger partial charge in [0.1, 0.15) is 85.5 Å². The molecule has 30 unspecified atom stereocenters. The van der Waals surface area contributed by atoms with E-state index in [0.717, 1.165) is 38.5 Å². The molecule has 0 aromatic carbocycles. The third-order valence-corrected chi connectivity index (χ3v) is 22.0. The van der Waals surface area contributed by atoms with Gasteiger partial charge in [-0.3, -0.25) is 0 Å². The Kier molecular flexibility index (Phi) is 15.0. The summed E-state index contributed by atoms with van der Waals surface area (Å²) < 4.78 is 56.2. The van der Waals surface area contributed by atoms with Crippen LogP contribution in [0.15, 0.2) is 0 Å². The van der Waals surface area contributed by atoms with E-state index in [9.17, 15) is 66.4 Å². The molecule has 2 bridgehead atoms. The minimum Gasteiger partial charge on any atom is -0.394 e. The average molecular weight is 1060 g/mol. The van der Waals surface area contributed by atoms with Gasteiger partial charge in [0.05, 0.1) is 55.9 Å². The standard InChI is InChI=1S/C52H86O22/c1-22-31(56)35(60)38(63)42(68-22)74-41-37(62)33(58)24(19-54)70-45(41)71-25-20-66-44(40(34(25)59)73-43-39(64)36(61)32(57)23(18-53)69-43)72-30-10-11-48(5)26(46(30,2)3)8-12-49(6)27(48)9-13-52-28-16-47(4,65)14-15-51(28,21-67-52)29(55)17-50(49,52)7/h22-45,53-65H,8-21H2,1-7H3. The molecule has 426 valence electrons. The number of fused-ring (bicyclic) bond motifs is 4. The minimum absolute atomic E-state index is 0.0483. The van der Waals surface area contributed by atoms with Crippen LogP contribution in [-0.2, 0) is 42.6 Å². The van der Waals surface area contributed by atoms with Crippen LogP contribution in [0.3, 0.4) is 0 Å². The van der Waals surface area contributed by atoms with Crippen molar-refractivity contribution in [2.24, 2.45) is 44.8 Å². The zero-order valence-electron chi connectivity index (χ0n) is 43.7. The molecule has 5 aliphatic carbocycles. The monoisotopic (exact) mass is 1060 g/mol. The van der Waals surface area contributed by atoms with Gasteiger partial charge < -0.3 is 109 Å². The van der Waals surface area contributed by atoms with Crippen molar-refractivity contribution in [1.29, 1.82) is 0 Å². The number of hydrogen-bond acceptors (Lipinski definition) is 22. The molecule has 5 saturated carbocycles. The highest BCUT2D eigenvalue weighted by Crippen LogP contribution is 2.80. The first-order chi connectivity index (χ1) is 34.6. The summed E-state index contributed by atoms with van der Waals surface area (Å²) in [6.07, 6.45) is -24.6. The largest absolute Gasteiger partial charge is 0.394 e. The molecule has 0 aromatic heterocycles. The molecule has 10 aliphatic rings. The van der Waals surface area contributed by atoms with E-state index < -0.39 is 165 Å². The van der Waals surface area contributed by atoms with Crippen molar-refractivity contribution in [2.45, 2.75) is 253 Å². The maximum Gasteiger partial charge on any atom is 0.187 e. The van der Waals surface area contributed by atoms with E-state index in [4.69, 9.17) is 42.6 Å². The van der Waals surface area contributed by atoms with Crippen molar-refractivity contribution in [3.8, 4) is 0 Å². The topological polar surface area (TPSA) is 346 Å². The second-order valence-electron chi connectivity index (χ2n) is 26.0. The van der Waals surface area contributed by atoms with Gasteiger partial charge in [-0.25, -0.2) is 0 Å². The first-order valence-corrected chi connectivity index (χ1v) is 27.2. The number of aliphatic hydroxyl groups is 13. The molecule has 10 rings (SSSR count). The van der Waals surface area contributed by atoms with Crippen molar-refractivity contribution < 1.29 is 109 Å². The summed E-state index contributed by atoms with van der Waals surface area (Å²) in [5.74, 6) is 0.442. The summed E-state index contributed by atoms with van der Waals surface area (Å²) in [5, 5.41) is 143.